The highest BCUT2D eigenvalue weighted by atomic mass is 16.4. The number of aliphatic carboxylic acids is 1. The SMILES string of the molecule is C=CCN1C[C@@]2(C(=O)O)CN(C(=O)CCCn3ccnc3)C[C@H]2C1=O. The van der Waals surface area contributed by atoms with Crippen LogP contribution in [0, 0.1) is 11.3 Å². The first-order chi connectivity index (χ1) is 12.0. The van der Waals surface area contributed by atoms with E-state index in [1.54, 1.807) is 18.6 Å². The number of hydrogen-bond donors (Lipinski definition) is 1. The van der Waals surface area contributed by atoms with Gasteiger partial charge in [-0.05, 0) is 6.42 Å². The van der Waals surface area contributed by atoms with Crippen molar-refractivity contribution in [1.29, 1.82) is 0 Å². The third-order valence-corrected chi connectivity index (χ3v) is 5.12. The molecule has 25 heavy (non-hydrogen) atoms. The van der Waals surface area contributed by atoms with Gasteiger partial charge in [-0.3, -0.25) is 14.4 Å². The molecule has 2 amide bonds. The summed E-state index contributed by atoms with van der Waals surface area (Å²) in [6.07, 6.45) is 7.76. The fourth-order valence-electron chi connectivity index (χ4n) is 3.80. The van der Waals surface area contributed by atoms with Crippen LogP contribution in [0.1, 0.15) is 12.8 Å². The molecular weight excluding hydrogens is 324 g/mol. The van der Waals surface area contributed by atoms with E-state index >= 15 is 0 Å². The molecule has 0 aliphatic carbocycles. The molecule has 0 saturated carbocycles. The number of aryl methyl sites for hydroxylation is 1. The second-order valence-corrected chi connectivity index (χ2v) is 6.70. The Morgan fingerprint density at radius 3 is 2.84 bits per heavy atom. The smallest absolute Gasteiger partial charge is 0.314 e. The fourth-order valence-corrected chi connectivity index (χ4v) is 3.80. The van der Waals surface area contributed by atoms with Crippen molar-refractivity contribution in [1.82, 2.24) is 19.4 Å². The van der Waals surface area contributed by atoms with Crippen LogP contribution in [0.5, 0.6) is 0 Å². The second-order valence-electron chi connectivity index (χ2n) is 6.70. The number of carboxylic acids is 1. The Balaban J connectivity index is 1.62. The Kier molecular flexibility index (Phi) is 4.61. The van der Waals surface area contributed by atoms with Gasteiger partial charge in [-0.2, -0.15) is 0 Å². The number of carbonyl (C=O) groups excluding carboxylic acids is 2. The van der Waals surface area contributed by atoms with Gasteiger partial charge < -0.3 is 19.5 Å². The summed E-state index contributed by atoms with van der Waals surface area (Å²) in [6, 6.07) is 0. The van der Waals surface area contributed by atoms with E-state index < -0.39 is 17.3 Å². The molecule has 2 aliphatic rings. The molecule has 3 rings (SSSR count). The molecule has 1 aromatic heterocycles. The molecule has 2 saturated heterocycles. The van der Waals surface area contributed by atoms with Crippen molar-refractivity contribution in [3.05, 3.63) is 31.4 Å². The zero-order chi connectivity index (χ0) is 18.0. The number of hydrogen-bond acceptors (Lipinski definition) is 4. The molecule has 0 spiro atoms. The summed E-state index contributed by atoms with van der Waals surface area (Å²) in [5.41, 5.74) is -1.19. The molecule has 0 unspecified atom stereocenters. The normalized spacial score (nSPS) is 25.3. The van der Waals surface area contributed by atoms with Crippen LogP contribution in [0.2, 0.25) is 0 Å². The van der Waals surface area contributed by atoms with Crippen LogP contribution in [-0.2, 0) is 20.9 Å². The maximum absolute atomic E-state index is 12.5. The monoisotopic (exact) mass is 346 g/mol. The van der Waals surface area contributed by atoms with Gasteiger partial charge in [0.2, 0.25) is 11.8 Å². The first-order valence-electron chi connectivity index (χ1n) is 8.34. The maximum atomic E-state index is 12.5. The summed E-state index contributed by atoms with van der Waals surface area (Å²) < 4.78 is 1.89. The second kappa shape index (κ2) is 6.70. The van der Waals surface area contributed by atoms with Crippen LogP contribution >= 0.6 is 0 Å². The van der Waals surface area contributed by atoms with Crippen LogP contribution in [0.25, 0.3) is 0 Å². The quantitative estimate of drug-likeness (QED) is 0.713. The van der Waals surface area contributed by atoms with E-state index in [0.29, 0.717) is 25.9 Å². The van der Waals surface area contributed by atoms with Gasteiger partial charge in [0.1, 0.15) is 5.41 Å². The summed E-state index contributed by atoms with van der Waals surface area (Å²) in [7, 11) is 0. The molecular formula is C17H22N4O4. The number of carboxylic acid groups (broad SMARTS) is 1. The molecule has 0 bridgehead atoms. The van der Waals surface area contributed by atoms with Gasteiger partial charge in [-0.15, -0.1) is 6.58 Å². The third kappa shape index (κ3) is 3.04. The molecule has 2 atom stereocenters. The number of carbonyl (C=O) groups is 3. The number of nitrogens with zero attached hydrogens (tertiary/aromatic N) is 4. The minimum absolute atomic E-state index is 0.0935. The fraction of sp³-hybridized carbons (Fsp3) is 0.529. The average molecular weight is 346 g/mol. The highest BCUT2D eigenvalue weighted by Gasteiger charge is 2.62. The van der Waals surface area contributed by atoms with E-state index in [4.69, 9.17) is 0 Å². The summed E-state index contributed by atoms with van der Waals surface area (Å²) >= 11 is 0. The Morgan fingerprint density at radius 2 is 2.24 bits per heavy atom. The summed E-state index contributed by atoms with van der Waals surface area (Å²) in [4.78, 5) is 43.8. The van der Waals surface area contributed by atoms with Crippen molar-refractivity contribution < 1.29 is 19.5 Å². The molecule has 3 heterocycles. The number of fused-ring (bicyclic) bond motifs is 1. The highest BCUT2D eigenvalue weighted by Crippen LogP contribution is 2.43. The molecule has 2 fully saturated rings. The van der Waals surface area contributed by atoms with Gasteiger partial charge in [0.25, 0.3) is 0 Å². The maximum Gasteiger partial charge on any atom is 0.314 e. The largest absolute Gasteiger partial charge is 0.481 e. The lowest BCUT2D eigenvalue weighted by molar-refractivity contribution is -0.150. The molecule has 134 valence electrons. The van der Waals surface area contributed by atoms with E-state index in [0.717, 1.165) is 0 Å². The van der Waals surface area contributed by atoms with Crippen LogP contribution in [0.15, 0.2) is 31.4 Å². The van der Waals surface area contributed by atoms with Gasteiger partial charge >= 0.3 is 5.97 Å². The lowest BCUT2D eigenvalue weighted by Gasteiger charge is -2.24. The number of likely N-dealkylation sites (tertiary alicyclic amines) is 2. The molecule has 8 heteroatoms. The molecule has 8 nitrogen and oxygen atoms in total. The zero-order valence-corrected chi connectivity index (χ0v) is 14.0. The van der Waals surface area contributed by atoms with Gasteiger partial charge in [-0.1, -0.05) is 6.08 Å². The average Bonchev–Trinajstić information content (AvgIpc) is 3.26. The summed E-state index contributed by atoms with van der Waals surface area (Å²) in [6.45, 7) is 5.03. The first kappa shape index (κ1) is 17.2. The van der Waals surface area contributed by atoms with E-state index in [-0.39, 0.29) is 31.4 Å². The first-order valence-corrected chi connectivity index (χ1v) is 8.34. The van der Waals surface area contributed by atoms with Crippen molar-refractivity contribution in [2.24, 2.45) is 11.3 Å². The topological polar surface area (TPSA) is 95.7 Å². The van der Waals surface area contributed by atoms with Gasteiger partial charge in [0.05, 0.1) is 12.2 Å². The van der Waals surface area contributed by atoms with E-state index in [1.807, 2.05) is 10.8 Å². The Hall–Kier alpha value is -2.64. The molecule has 1 N–H and O–H groups in total. The van der Waals surface area contributed by atoms with Crippen molar-refractivity contribution in [2.45, 2.75) is 19.4 Å². The molecule has 0 radical (unpaired) electrons. The molecule has 2 aliphatic heterocycles. The summed E-state index contributed by atoms with van der Waals surface area (Å²) in [5, 5.41) is 9.73. The Morgan fingerprint density at radius 1 is 1.44 bits per heavy atom. The zero-order valence-electron chi connectivity index (χ0n) is 14.0. The van der Waals surface area contributed by atoms with Crippen LogP contribution in [-0.4, -0.2) is 68.4 Å². The van der Waals surface area contributed by atoms with Crippen molar-refractivity contribution in [3.8, 4) is 0 Å². The minimum Gasteiger partial charge on any atom is -0.481 e. The van der Waals surface area contributed by atoms with Crippen molar-refractivity contribution >= 4 is 17.8 Å². The number of rotatable bonds is 7. The predicted octanol–water partition coefficient (Wildman–Crippen LogP) is 0.221. The van der Waals surface area contributed by atoms with Gasteiger partial charge in [0.15, 0.2) is 0 Å². The van der Waals surface area contributed by atoms with Crippen molar-refractivity contribution in [2.75, 3.05) is 26.2 Å². The number of aromatic nitrogens is 2. The van der Waals surface area contributed by atoms with E-state index in [9.17, 15) is 19.5 Å². The van der Waals surface area contributed by atoms with Crippen LogP contribution < -0.4 is 0 Å². The lowest BCUT2D eigenvalue weighted by atomic mass is 9.81. The number of imidazole rings is 1. The third-order valence-electron chi connectivity index (χ3n) is 5.12. The van der Waals surface area contributed by atoms with Gasteiger partial charge in [0, 0.05) is 51.5 Å². The van der Waals surface area contributed by atoms with Crippen LogP contribution in [0.4, 0.5) is 0 Å². The van der Waals surface area contributed by atoms with Crippen molar-refractivity contribution in [3.63, 3.8) is 0 Å². The van der Waals surface area contributed by atoms with Crippen LogP contribution in [0.3, 0.4) is 0 Å². The van der Waals surface area contributed by atoms with E-state index in [1.165, 1.54) is 9.80 Å². The Bertz CT molecular complexity index is 687. The molecule has 1 aromatic rings. The highest BCUT2D eigenvalue weighted by molar-refractivity contribution is 5.94. The lowest BCUT2D eigenvalue weighted by Crippen LogP contribution is -2.42. The standard InChI is InChI=1S/C17H22N4O4/c1-2-6-20-10-17(16(24)25)11-21(9-13(17)15(20)23)14(22)4-3-7-19-8-5-18-12-19/h2,5,8,12-13H,1,3-4,6-7,9-11H2,(H,24,25)/t13-,17+/m0/s1. The predicted molar refractivity (Wildman–Crippen MR) is 88.4 cm³/mol. The van der Waals surface area contributed by atoms with E-state index in [2.05, 4.69) is 11.6 Å². The molecule has 0 aromatic carbocycles. The number of amides is 2. The van der Waals surface area contributed by atoms with Gasteiger partial charge in [-0.25, -0.2) is 4.98 Å². The summed E-state index contributed by atoms with van der Waals surface area (Å²) in [5.74, 6) is -1.97. The Labute approximate surface area is 145 Å². The minimum atomic E-state index is -1.19.